The summed E-state index contributed by atoms with van der Waals surface area (Å²) >= 11 is 0. The molecule has 1 amide bonds. The lowest BCUT2D eigenvalue weighted by molar-refractivity contribution is -0.122. The van der Waals surface area contributed by atoms with Crippen LogP contribution in [0.2, 0.25) is 0 Å². The zero-order valence-corrected chi connectivity index (χ0v) is 16.2. The summed E-state index contributed by atoms with van der Waals surface area (Å²) in [6.45, 7) is 3.57. The van der Waals surface area contributed by atoms with Crippen LogP contribution in [-0.2, 0) is 11.3 Å². The Morgan fingerprint density at radius 3 is 2.68 bits per heavy atom. The highest BCUT2D eigenvalue weighted by molar-refractivity contribution is 5.81. The smallest absolute Gasteiger partial charge is 0.278 e. The molecule has 3 aromatic rings. The molecule has 8 nitrogen and oxygen atoms in total. The fourth-order valence-corrected chi connectivity index (χ4v) is 3.37. The van der Waals surface area contributed by atoms with E-state index in [2.05, 4.69) is 15.5 Å². The molecule has 1 fully saturated rings. The third kappa shape index (κ3) is 3.37. The molecule has 0 aliphatic heterocycles. The number of fused-ring (bicyclic) bond motifs is 1. The van der Waals surface area contributed by atoms with Crippen molar-refractivity contribution in [3.8, 4) is 5.75 Å². The van der Waals surface area contributed by atoms with Gasteiger partial charge in [0.25, 0.3) is 5.56 Å². The summed E-state index contributed by atoms with van der Waals surface area (Å²) in [5.41, 5.74) is 2.09. The largest absolute Gasteiger partial charge is 0.497 e. The maximum Gasteiger partial charge on any atom is 0.278 e. The summed E-state index contributed by atoms with van der Waals surface area (Å²) in [4.78, 5) is 25.3. The van der Waals surface area contributed by atoms with Crippen molar-refractivity contribution in [2.24, 2.45) is 0 Å². The van der Waals surface area contributed by atoms with Gasteiger partial charge in [0.2, 0.25) is 5.91 Å². The molecule has 1 atom stereocenters. The fraction of sp³-hybridized carbons (Fsp3) is 0.400. The van der Waals surface area contributed by atoms with Crippen molar-refractivity contribution in [3.05, 3.63) is 52.1 Å². The number of amides is 1. The number of aryl methyl sites for hydroxylation is 1. The van der Waals surface area contributed by atoms with Gasteiger partial charge in [0.15, 0.2) is 0 Å². The summed E-state index contributed by atoms with van der Waals surface area (Å²) in [5.74, 6) is 0.484. The predicted molar refractivity (Wildman–Crippen MR) is 104 cm³/mol. The first-order valence-electron chi connectivity index (χ1n) is 9.36. The first kappa shape index (κ1) is 18.2. The van der Waals surface area contributed by atoms with E-state index in [0.717, 1.165) is 29.7 Å². The van der Waals surface area contributed by atoms with Crippen LogP contribution in [0.3, 0.4) is 0 Å². The van der Waals surface area contributed by atoms with Gasteiger partial charge in [-0.2, -0.15) is 10.2 Å². The molecule has 8 heteroatoms. The number of hydrogen-bond donors (Lipinski definition) is 1. The van der Waals surface area contributed by atoms with Gasteiger partial charge in [-0.3, -0.25) is 14.3 Å². The first-order chi connectivity index (χ1) is 13.5. The van der Waals surface area contributed by atoms with Gasteiger partial charge < -0.3 is 10.1 Å². The quantitative estimate of drug-likeness (QED) is 0.706. The second-order valence-corrected chi connectivity index (χ2v) is 7.19. The molecular weight excluding hydrogens is 358 g/mol. The van der Waals surface area contributed by atoms with Crippen molar-refractivity contribution in [2.75, 3.05) is 7.11 Å². The summed E-state index contributed by atoms with van der Waals surface area (Å²) < 4.78 is 8.23. The average Bonchev–Trinajstić information content (AvgIpc) is 3.47. The molecule has 0 bridgehead atoms. The number of nitrogens with zero attached hydrogens (tertiary/aromatic N) is 4. The number of benzene rings is 1. The zero-order chi connectivity index (χ0) is 19.8. The Morgan fingerprint density at radius 1 is 1.32 bits per heavy atom. The van der Waals surface area contributed by atoms with Crippen LogP contribution in [0, 0.1) is 6.92 Å². The molecule has 2 heterocycles. The second-order valence-electron chi connectivity index (χ2n) is 7.19. The molecule has 1 unspecified atom stereocenters. The van der Waals surface area contributed by atoms with Crippen molar-refractivity contribution in [1.82, 2.24) is 24.9 Å². The summed E-state index contributed by atoms with van der Waals surface area (Å²) in [6, 6.07) is 7.65. The van der Waals surface area contributed by atoms with E-state index in [0.29, 0.717) is 17.1 Å². The van der Waals surface area contributed by atoms with Crippen LogP contribution in [0.1, 0.15) is 43.1 Å². The molecule has 1 saturated carbocycles. The normalized spacial score (nSPS) is 14.8. The van der Waals surface area contributed by atoms with Crippen molar-refractivity contribution in [1.29, 1.82) is 0 Å². The van der Waals surface area contributed by atoms with Crippen molar-refractivity contribution < 1.29 is 9.53 Å². The van der Waals surface area contributed by atoms with Crippen LogP contribution in [0.15, 0.2) is 35.3 Å². The molecule has 1 aromatic carbocycles. The maximum atomic E-state index is 12.8. The van der Waals surface area contributed by atoms with Gasteiger partial charge in [-0.05, 0) is 44.4 Å². The topological polar surface area (TPSA) is 91.0 Å². The molecule has 1 aliphatic carbocycles. The van der Waals surface area contributed by atoms with Crippen LogP contribution >= 0.6 is 0 Å². The van der Waals surface area contributed by atoms with E-state index in [1.165, 1.54) is 4.68 Å². The lowest BCUT2D eigenvalue weighted by Crippen LogP contribution is -2.35. The average molecular weight is 381 g/mol. The third-order valence-corrected chi connectivity index (χ3v) is 5.07. The fourth-order valence-electron chi connectivity index (χ4n) is 3.37. The van der Waals surface area contributed by atoms with Gasteiger partial charge in [-0.1, -0.05) is 12.1 Å². The van der Waals surface area contributed by atoms with E-state index < -0.39 is 0 Å². The minimum Gasteiger partial charge on any atom is -0.497 e. The van der Waals surface area contributed by atoms with Crippen LogP contribution in [0.4, 0.5) is 0 Å². The van der Waals surface area contributed by atoms with Crippen LogP contribution in [0.25, 0.3) is 10.9 Å². The number of ether oxygens (including phenoxy) is 1. The lowest BCUT2D eigenvalue weighted by atomic mass is 10.1. The molecule has 2 aromatic heterocycles. The van der Waals surface area contributed by atoms with Crippen LogP contribution in [-0.4, -0.2) is 32.6 Å². The molecule has 1 N–H and O–H groups in total. The number of methoxy groups -OCH3 is 1. The highest BCUT2D eigenvalue weighted by Gasteiger charge is 2.28. The molecule has 0 spiro atoms. The zero-order valence-electron chi connectivity index (χ0n) is 16.2. The minimum absolute atomic E-state index is 0.136. The number of carbonyl (C=O) groups is 1. The van der Waals surface area contributed by atoms with E-state index in [1.54, 1.807) is 13.3 Å². The first-order valence-corrected chi connectivity index (χ1v) is 9.36. The highest BCUT2D eigenvalue weighted by atomic mass is 16.5. The number of carbonyl (C=O) groups excluding carboxylic acids is 1. The lowest BCUT2D eigenvalue weighted by Gasteiger charge is -2.15. The van der Waals surface area contributed by atoms with Crippen LogP contribution < -0.4 is 15.6 Å². The van der Waals surface area contributed by atoms with E-state index in [4.69, 9.17) is 4.74 Å². The molecular formula is C20H23N5O3. The van der Waals surface area contributed by atoms with Gasteiger partial charge >= 0.3 is 0 Å². The Bertz CT molecular complexity index is 1080. The Kier molecular flexibility index (Phi) is 4.62. The van der Waals surface area contributed by atoms with Gasteiger partial charge in [0.1, 0.15) is 12.3 Å². The van der Waals surface area contributed by atoms with Gasteiger partial charge in [0.05, 0.1) is 42.0 Å². The minimum atomic E-state index is -0.283. The summed E-state index contributed by atoms with van der Waals surface area (Å²) in [7, 11) is 1.61. The maximum absolute atomic E-state index is 12.8. The molecule has 0 radical (unpaired) electrons. The van der Waals surface area contributed by atoms with Crippen molar-refractivity contribution in [3.63, 3.8) is 0 Å². The van der Waals surface area contributed by atoms with Gasteiger partial charge in [0, 0.05) is 0 Å². The highest BCUT2D eigenvalue weighted by Crippen LogP contribution is 2.36. The Balaban J connectivity index is 1.51. The molecule has 28 heavy (non-hydrogen) atoms. The SMILES string of the molecule is COc1ccc(C(C)NC(=O)Cn2ncc3c(c(C)nn3C3CC3)c2=O)cc1. The number of aromatic nitrogens is 4. The predicted octanol–water partition coefficient (Wildman–Crippen LogP) is 2.12. The number of nitrogens with one attached hydrogen (secondary N) is 1. The van der Waals surface area contributed by atoms with Crippen molar-refractivity contribution >= 4 is 16.8 Å². The number of hydrogen-bond acceptors (Lipinski definition) is 5. The Hall–Kier alpha value is -3.16. The molecule has 1 aliphatic rings. The van der Waals surface area contributed by atoms with E-state index >= 15 is 0 Å². The summed E-state index contributed by atoms with van der Waals surface area (Å²) in [5, 5.41) is 12.1. The van der Waals surface area contributed by atoms with E-state index in [-0.39, 0.29) is 24.1 Å². The molecule has 0 saturated heterocycles. The van der Waals surface area contributed by atoms with Gasteiger partial charge in [-0.15, -0.1) is 0 Å². The Labute approximate surface area is 162 Å². The molecule has 146 valence electrons. The second kappa shape index (κ2) is 7.10. The monoisotopic (exact) mass is 381 g/mol. The standard InChI is InChI=1S/C20H23N5O3/c1-12(14-4-8-16(28-3)9-5-14)22-18(26)11-24-20(27)19-13(2)23-25(15-6-7-15)17(19)10-21-24/h4-5,8-10,12,15H,6-7,11H2,1-3H3,(H,22,26). The van der Waals surface area contributed by atoms with E-state index in [1.807, 2.05) is 42.8 Å². The summed E-state index contributed by atoms with van der Waals surface area (Å²) in [6.07, 6.45) is 3.78. The van der Waals surface area contributed by atoms with Crippen molar-refractivity contribution in [2.45, 2.75) is 45.3 Å². The Morgan fingerprint density at radius 2 is 2.04 bits per heavy atom. The van der Waals surface area contributed by atoms with E-state index in [9.17, 15) is 9.59 Å². The van der Waals surface area contributed by atoms with Crippen LogP contribution in [0.5, 0.6) is 5.75 Å². The third-order valence-electron chi connectivity index (χ3n) is 5.07. The van der Waals surface area contributed by atoms with Gasteiger partial charge in [-0.25, -0.2) is 4.68 Å². The molecule has 4 rings (SSSR count). The number of rotatable bonds is 6.